The molecule has 0 aliphatic carbocycles. The third-order valence-electron chi connectivity index (χ3n) is 4.64. The highest BCUT2D eigenvalue weighted by Crippen LogP contribution is 2.27. The minimum absolute atomic E-state index is 0.00238. The van der Waals surface area contributed by atoms with E-state index < -0.39 is 0 Å². The van der Waals surface area contributed by atoms with Crippen LogP contribution in [0.4, 0.5) is 0 Å². The van der Waals surface area contributed by atoms with Crippen molar-refractivity contribution in [3.05, 3.63) is 52.3 Å². The summed E-state index contributed by atoms with van der Waals surface area (Å²) in [4.78, 5) is 31.0. The van der Waals surface area contributed by atoms with E-state index >= 15 is 0 Å². The van der Waals surface area contributed by atoms with Crippen molar-refractivity contribution in [1.82, 2.24) is 29.3 Å². The van der Waals surface area contributed by atoms with Crippen LogP contribution in [0.3, 0.4) is 0 Å². The Morgan fingerprint density at radius 3 is 2.79 bits per heavy atom. The lowest BCUT2D eigenvalue weighted by atomic mass is 9.93. The summed E-state index contributed by atoms with van der Waals surface area (Å²) in [5, 5.41) is 6.89. The van der Waals surface area contributed by atoms with Crippen LogP contribution in [0.15, 0.2) is 35.4 Å². The molecule has 0 atom stereocenters. The molecule has 0 radical (unpaired) electrons. The molecule has 0 saturated carbocycles. The zero-order valence-corrected chi connectivity index (χ0v) is 13.3. The predicted octanol–water partition coefficient (Wildman–Crippen LogP) is 0.776. The number of aryl methyl sites for hydroxylation is 1. The molecule has 3 aromatic rings. The fraction of sp³-hybridized carbons (Fsp3) is 0.375. The van der Waals surface area contributed by atoms with E-state index in [4.69, 9.17) is 0 Å². The molecule has 0 spiro atoms. The van der Waals surface area contributed by atoms with E-state index in [1.54, 1.807) is 42.3 Å². The summed E-state index contributed by atoms with van der Waals surface area (Å²) in [7, 11) is 1.77. The maximum Gasteiger partial charge on any atom is 0.272 e. The highest BCUT2D eigenvalue weighted by Gasteiger charge is 2.27. The van der Waals surface area contributed by atoms with Crippen molar-refractivity contribution in [1.29, 1.82) is 0 Å². The fourth-order valence-electron chi connectivity index (χ4n) is 3.28. The normalized spacial score (nSPS) is 16.0. The molecule has 1 N–H and O–H groups in total. The van der Waals surface area contributed by atoms with Gasteiger partial charge in [-0.25, -0.2) is 9.50 Å². The first-order valence-electron chi connectivity index (χ1n) is 7.98. The molecule has 1 saturated heterocycles. The number of carbonyl (C=O) groups is 1. The summed E-state index contributed by atoms with van der Waals surface area (Å²) in [6.45, 7) is 1.31. The molecule has 1 aliphatic heterocycles. The van der Waals surface area contributed by atoms with Crippen LogP contribution in [0, 0.1) is 0 Å². The van der Waals surface area contributed by atoms with Crippen LogP contribution in [-0.2, 0) is 7.05 Å². The Hall–Kier alpha value is -2.90. The Kier molecular flexibility index (Phi) is 3.44. The number of nitrogens with one attached hydrogen (secondary N) is 1. The van der Waals surface area contributed by atoms with E-state index in [2.05, 4.69) is 15.2 Å². The van der Waals surface area contributed by atoms with E-state index in [0.717, 1.165) is 18.5 Å². The third kappa shape index (κ3) is 2.40. The van der Waals surface area contributed by atoms with Crippen molar-refractivity contribution in [2.75, 3.05) is 13.1 Å². The number of aromatic amines is 1. The van der Waals surface area contributed by atoms with Crippen LogP contribution in [0.1, 0.15) is 34.9 Å². The monoisotopic (exact) mass is 326 g/mol. The molecule has 24 heavy (non-hydrogen) atoms. The van der Waals surface area contributed by atoms with Gasteiger partial charge in [0.05, 0.1) is 5.69 Å². The number of fused-ring (bicyclic) bond motifs is 1. The van der Waals surface area contributed by atoms with Crippen LogP contribution >= 0.6 is 0 Å². The Morgan fingerprint density at radius 2 is 2.08 bits per heavy atom. The van der Waals surface area contributed by atoms with Crippen molar-refractivity contribution < 1.29 is 4.79 Å². The van der Waals surface area contributed by atoms with Gasteiger partial charge in [0, 0.05) is 50.6 Å². The molecule has 4 rings (SSSR count). The van der Waals surface area contributed by atoms with Gasteiger partial charge >= 0.3 is 0 Å². The fourth-order valence-corrected chi connectivity index (χ4v) is 3.28. The maximum atomic E-state index is 12.5. The quantitative estimate of drug-likeness (QED) is 0.753. The van der Waals surface area contributed by atoms with E-state index in [9.17, 15) is 9.59 Å². The van der Waals surface area contributed by atoms with Crippen LogP contribution in [-0.4, -0.2) is 48.3 Å². The highest BCUT2D eigenvalue weighted by atomic mass is 16.2. The molecule has 1 aliphatic rings. The standard InChI is InChI=1S/C16H18N6O2/c1-20-13(2-6-17-20)16(24)21-8-4-11(5-9-21)12-10-15(23)22-14(19-12)3-7-18-22/h2-3,6-7,10-11,18H,4-5,8-9H2,1H3. The molecular formula is C16H18N6O2. The van der Waals surface area contributed by atoms with Gasteiger partial charge in [-0.05, 0) is 18.9 Å². The number of hydrogen-bond donors (Lipinski definition) is 1. The topological polar surface area (TPSA) is 88.3 Å². The van der Waals surface area contributed by atoms with Crippen LogP contribution in [0.5, 0.6) is 0 Å². The molecule has 4 heterocycles. The SMILES string of the molecule is Cn1nccc1C(=O)N1CCC(c2cc(=O)n3[nH]ccc3n2)CC1. The summed E-state index contributed by atoms with van der Waals surface area (Å²) >= 11 is 0. The van der Waals surface area contributed by atoms with Crippen molar-refractivity contribution in [3.8, 4) is 0 Å². The maximum absolute atomic E-state index is 12.5. The van der Waals surface area contributed by atoms with Crippen LogP contribution in [0.2, 0.25) is 0 Å². The second-order valence-electron chi connectivity index (χ2n) is 6.08. The summed E-state index contributed by atoms with van der Waals surface area (Å²) in [5.41, 5.74) is 1.94. The Morgan fingerprint density at radius 1 is 1.29 bits per heavy atom. The van der Waals surface area contributed by atoms with Gasteiger partial charge < -0.3 is 4.90 Å². The number of nitrogens with zero attached hydrogens (tertiary/aromatic N) is 5. The summed E-state index contributed by atoms with van der Waals surface area (Å²) in [6.07, 6.45) is 4.93. The average molecular weight is 326 g/mol. The molecule has 8 nitrogen and oxygen atoms in total. The molecule has 8 heteroatoms. The summed E-state index contributed by atoms with van der Waals surface area (Å²) in [5.74, 6) is 0.204. The first kappa shape index (κ1) is 14.7. The van der Waals surface area contributed by atoms with Gasteiger partial charge in [-0.1, -0.05) is 0 Å². The number of carbonyl (C=O) groups excluding carboxylic acids is 1. The Bertz CT molecular complexity index is 945. The molecule has 124 valence electrons. The van der Waals surface area contributed by atoms with Gasteiger partial charge in [-0.3, -0.25) is 19.4 Å². The molecule has 1 fully saturated rings. The molecule has 3 aromatic heterocycles. The number of piperidine rings is 1. The molecule has 1 amide bonds. The zero-order valence-electron chi connectivity index (χ0n) is 13.3. The first-order chi connectivity index (χ1) is 11.6. The number of hydrogen-bond acceptors (Lipinski definition) is 4. The average Bonchev–Trinajstić information content (AvgIpc) is 3.23. The molecular weight excluding hydrogens is 308 g/mol. The van der Waals surface area contributed by atoms with E-state index in [1.165, 1.54) is 4.52 Å². The molecule has 0 bridgehead atoms. The van der Waals surface area contributed by atoms with Crippen LogP contribution < -0.4 is 5.56 Å². The summed E-state index contributed by atoms with van der Waals surface area (Å²) in [6, 6.07) is 5.11. The number of amides is 1. The Balaban J connectivity index is 1.50. The first-order valence-corrected chi connectivity index (χ1v) is 7.98. The number of rotatable bonds is 2. The van der Waals surface area contributed by atoms with E-state index in [0.29, 0.717) is 24.4 Å². The lowest BCUT2D eigenvalue weighted by Gasteiger charge is -2.31. The van der Waals surface area contributed by atoms with Crippen molar-refractivity contribution in [2.45, 2.75) is 18.8 Å². The van der Waals surface area contributed by atoms with E-state index in [1.807, 2.05) is 4.90 Å². The van der Waals surface area contributed by atoms with Gasteiger partial charge in [0.1, 0.15) is 5.69 Å². The minimum Gasteiger partial charge on any atom is -0.337 e. The van der Waals surface area contributed by atoms with Crippen molar-refractivity contribution >= 4 is 11.6 Å². The lowest BCUT2D eigenvalue weighted by Crippen LogP contribution is -2.39. The number of H-pyrrole nitrogens is 1. The van der Waals surface area contributed by atoms with Crippen molar-refractivity contribution in [2.24, 2.45) is 7.05 Å². The largest absolute Gasteiger partial charge is 0.337 e. The van der Waals surface area contributed by atoms with Gasteiger partial charge in [0.15, 0.2) is 5.65 Å². The highest BCUT2D eigenvalue weighted by molar-refractivity contribution is 5.92. The van der Waals surface area contributed by atoms with Gasteiger partial charge in [0.2, 0.25) is 0 Å². The second kappa shape index (κ2) is 5.63. The van der Waals surface area contributed by atoms with Crippen LogP contribution in [0.25, 0.3) is 5.65 Å². The minimum atomic E-state index is -0.103. The zero-order chi connectivity index (χ0) is 16.7. The number of aromatic nitrogens is 5. The lowest BCUT2D eigenvalue weighted by molar-refractivity contribution is 0.0701. The molecule has 0 unspecified atom stereocenters. The van der Waals surface area contributed by atoms with Gasteiger partial charge in [-0.15, -0.1) is 0 Å². The van der Waals surface area contributed by atoms with Gasteiger partial charge in [-0.2, -0.15) is 5.10 Å². The van der Waals surface area contributed by atoms with Crippen molar-refractivity contribution in [3.63, 3.8) is 0 Å². The number of likely N-dealkylation sites (tertiary alicyclic amines) is 1. The summed E-state index contributed by atoms with van der Waals surface area (Å²) < 4.78 is 3.02. The molecule has 0 aromatic carbocycles. The van der Waals surface area contributed by atoms with Gasteiger partial charge in [0.25, 0.3) is 11.5 Å². The second-order valence-corrected chi connectivity index (χ2v) is 6.08. The smallest absolute Gasteiger partial charge is 0.272 e. The third-order valence-corrected chi connectivity index (χ3v) is 4.64. The predicted molar refractivity (Wildman–Crippen MR) is 86.9 cm³/mol. The Labute approximate surface area is 137 Å². The van der Waals surface area contributed by atoms with E-state index in [-0.39, 0.29) is 17.4 Å².